The number of nitrogens with one attached hydrogen (secondary N) is 2. The van der Waals surface area contributed by atoms with Gasteiger partial charge in [0.2, 0.25) is 0 Å². The topological polar surface area (TPSA) is 119 Å². The van der Waals surface area contributed by atoms with Crippen molar-refractivity contribution in [3.05, 3.63) is 53.6 Å². The number of sulfonamides is 1. The third-order valence-electron chi connectivity index (χ3n) is 6.40. The van der Waals surface area contributed by atoms with Gasteiger partial charge in [-0.25, -0.2) is 13.2 Å². The average molecular weight is 571 g/mol. The Morgan fingerprint density at radius 2 is 1.49 bits per heavy atom. The molecule has 0 saturated carbocycles. The summed E-state index contributed by atoms with van der Waals surface area (Å²) in [6.45, 7) is 6.76. The number of rotatable bonds is 5. The maximum Gasteiger partial charge on any atom is 0.490 e. The van der Waals surface area contributed by atoms with Crippen molar-refractivity contribution in [2.45, 2.75) is 43.7 Å². The standard InChI is InChI=1S/C24H32N4O3S.C2HF3O2/c1-19-6-9-21(10-7-19)32(30,31)26-20-8-11-23(27-16-12-25-13-17-27)22(18-20)24(29)28-14-4-2-3-5-15-28;3-2(4,5)1(6)7/h6-11,18,25-26H,2-5,12-17H2,1H3;(H,6,7). The largest absolute Gasteiger partial charge is 0.490 e. The summed E-state index contributed by atoms with van der Waals surface area (Å²) >= 11 is 0. The van der Waals surface area contributed by atoms with E-state index in [2.05, 4.69) is 14.9 Å². The van der Waals surface area contributed by atoms with E-state index in [1.165, 1.54) is 0 Å². The number of carbonyl (C=O) groups excluding carboxylic acids is 1. The molecule has 2 aliphatic heterocycles. The molecule has 9 nitrogen and oxygen atoms in total. The fraction of sp³-hybridized carbons (Fsp3) is 0.462. The minimum absolute atomic E-state index is 0.0168. The van der Waals surface area contributed by atoms with E-state index in [0.29, 0.717) is 11.3 Å². The Balaban J connectivity index is 0.000000532. The highest BCUT2D eigenvalue weighted by Crippen LogP contribution is 2.28. The lowest BCUT2D eigenvalue weighted by molar-refractivity contribution is -0.192. The van der Waals surface area contributed by atoms with Gasteiger partial charge in [-0.05, 0) is 50.1 Å². The Kier molecular flexibility index (Phi) is 10.2. The van der Waals surface area contributed by atoms with Gasteiger partial charge in [0.1, 0.15) is 0 Å². The van der Waals surface area contributed by atoms with E-state index in [1.807, 2.05) is 17.9 Å². The Morgan fingerprint density at radius 1 is 0.923 bits per heavy atom. The average Bonchev–Trinajstić information content (AvgIpc) is 3.18. The first-order chi connectivity index (χ1) is 18.4. The van der Waals surface area contributed by atoms with Crippen LogP contribution < -0.4 is 14.9 Å². The van der Waals surface area contributed by atoms with Crippen molar-refractivity contribution in [1.82, 2.24) is 10.2 Å². The smallest absolute Gasteiger partial charge is 0.475 e. The number of hydrogen-bond donors (Lipinski definition) is 3. The van der Waals surface area contributed by atoms with Gasteiger partial charge in [0.05, 0.1) is 10.5 Å². The molecule has 0 spiro atoms. The summed E-state index contributed by atoms with van der Waals surface area (Å²) < 4.78 is 60.2. The maximum absolute atomic E-state index is 13.5. The van der Waals surface area contributed by atoms with Gasteiger partial charge in [-0.1, -0.05) is 30.5 Å². The van der Waals surface area contributed by atoms with E-state index in [9.17, 15) is 26.4 Å². The van der Waals surface area contributed by atoms with E-state index >= 15 is 0 Å². The lowest BCUT2D eigenvalue weighted by Gasteiger charge is -2.32. The minimum Gasteiger partial charge on any atom is -0.475 e. The summed E-state index contributed by atoms with van der Waals surface area (Å²) in [4.78, 5) is 26.8. The Hall–Kier alpha value is -3.32. The van der Waals surface area contributed by atoms with Gasteiger partial charge in [-0.2, -0.15) is 13.2 Å². The highest BCUT2D eigenvalue weighted by atomic mass is 32.2. The number of halogens is 3. The Morgan fingerprint density at radius 3 is 2.03 bits per heavy atom. The Labute approximate surface area is 226 Å². The van der Waals surface area contributed by atoms with Gasteiger partial charge in [-0.3, -0.25) is 9.52 Å². The molecule has 1 amide bonds. The van der Waals surface area contributed by atoms with Gasteiger partial charge < -0.3 is 20.2 Å². The van der Waals surface area contributed by atoms with E-state index in [-0.39, 0.29) is 10.8 Å². The number of piperazine rings is 1. The van der Waals surface area contributed by atoms with E-state index < -0.39 is 22.2 Å². The number of likely N-dealkylation sites (tertiary alicyclic amines) is 1. The molecule has 0 atom stereocenters. The van der Waals surface area contributed by atoms with Crippen LogP contribution in [0.5, 0.6) is 0 Å². The molecular weight excluding hydrogens is 537 g/mol. The van der Waals surface area contributed by atoms with E-state index in [1.54, 1.807) is 36.4 Å². The zero-order valence-corrected chi connectivity index (χ0v) is 22.4. The number of hydrogen-bond acceptors (Lipinski definition) is 6. The summed E-state index contributed by atoms with van der Waals surface area (Å²) in [7, 11) is -3.74. The third-order valence-corrected chi connectivity index (χ3v) is 7.80. The number of carbonyl (C=O) groups is 2. The van der Waals surface area contributed by atoms with E-state index in [4.69, 9.17) is 9.90 Å². The second kappa shape index (κ2) is 13.2. The summed E-state index contributed by atoms with van der Waals surface area (Å²) in [6.07, 6.45) is -0.779. The second-order valence-electron chi connectivity index (χ2n) is 9.40. The highest BCUT2D eigenvalue weighted by molar-refractivity contribution is 7.92. The molecule has 2 aromatic rings. The molecule has 2 saturated heterocycles. The molecule has 3 N–H and O–H groups in total. The Bertz CT molecular complexity index is 1240. The predicted molar refractivity (Wildman–Crippen MR) is 142 cm³/mol. The van der Waals surface area contributed by atoms with Crippen LogP contribution in [0.3, 0.4) is 0 Å². The lowest BCUT2D eigenvalue weighted by atomic mass is 10.1. The first-order valence-corrected chi connectivity index (χ1v) is 14.2. The van der Waals surface area contributed by atoms with Crippen LogP contribution >= 0.6 is 0 Å². The fourth-order valence-corrected chi connectivity index (χ4v) is 5.38. The van der Waals surface area contributed by atoms with Crippen molar-refractivity contribution < 1.29 is 36.3 Å². The summed E-state index contributed by atoms with van der Waals surface area (Å²) in [6, 6.07) is 12.1. The lowest BCUT2D eigenvalue weighted by Crippen LogP contribution is -2.44. The first-order valence-electron chi connectivity index (χ1n) is 12.7. The zero-order chi connectivity index (χ0) is 28.6. The van der Waals surface area contributed by atoms with Crippen LogP contribution in [-0.4, -0.2) is 75.7 Å². The molecule has 0 bridgehead atoms. The maximum atomic E-state index is 13.5. The SMILES string of the molecule is Cc1ccc(S(=O)(=O)Nc2ccc(N3CCNCC3)c(C(=O)N3CCCCCC3)c2)cc1.O=C(O)C(F)(F)F. The first kappa shape index (κ1) is 30.2. The van der Waals surface area contributed by atoms with Crippen molar-refractivity contribution >= 4 is 33.3 Å². The molecule has 39 heavy (non-hydrogen) atoms. The number of carboxylic acid groups (broad SMARTS) is 1. The monoisotopic (exact) mass is 570 g/mol. The molecule has 13 heteroatoms. The number of anilines is 2. The fourth-order valence-electron chi connectivity index (χ4n) is 4.33. The molecule has 2 aromatic carbocycles. The molecule has 214 valence electrons. The van der Waals surface area contributed by atoms with Crippen molar-refractivity contribution in [2.24, 2.45) is 0 Å². The van der Waals surface area contributed by atoms with Crippen LogP contribution in [0.1, 0.15) is 41.6 Å². The molecular formula is C26H33F3N4O5S. The number of carboxylic acids is 1. The van der Waals surface area contributed by atoms with Gasteiger partial charge in [0, 0.05) is 50.6 Å². The quantitative estimate of drug-likeness (QED) is 0.500. The molecule has 0 unspecified atom stereocenters. The summed E-state index contributed by atoms with van der Waals surface area (Å²) in [5.41, 5.74) is 2.84. The van der Waals surface area contributed by atoms with Gasteiger partial charge >= 0.3 is 12.1 Å². The molecule has 2 heterocycles. The number of amides is 1. The molecule has 4 rings (SSSR count). The molecule has 0 radical (unpaired) electrons. The zero-order valence-electron chi connectivity index (χ0n) is 21.6. The highest BCUT2D eigenvalue weighted by Gasteiger charge is 2.38. The van der Waals surface area contributed by atoms with Crippen LogP contribution in [0.15, 0.2) is 47.4 Å². The van der Waals surface area contributed by atoms with Gasteiger partial charge in [0.15, 0.2) is 0 Å². The van der Waals surface area contributed by atoms with Crippen LogP contribution in [0.2, 0.25) is 0 Å². The normalized spacial score (nSPS) is 16.5. The predicted octanol–water partition coefficient (Wildman–Crippen LogP) is 3.85. The summed E-state index contributed by atoms with van der Waals surface area (Å²) in [5.74, 6) is -2.77. The number of benzene rings is 2. The molecule has 0 aromatic heterocycles. The number of nitrogens with zero attached hydrogens (tertiary/aromatic N) is 2. The van der Waals surface area contributed by atoms with E-state index in [0.717, 1.165) is 76.2 Å². The molecule has 2 aliphatic rings. The van der Waals surface area contributed by atoms with Crippen LogP contribution in [-0.2, 0) is 14.8 Å². The number of aliphatic carboxylic acids is 1. The van der Waals surface area contributed by atoms with Crippen molar-refractivity contribution in [3.63, 3.8) is 0 Å². The van der Waals surface area contributed by atoms with Crippen molar-refractivity contribution in [3.8, 4) is 0 Å². The van der Waals surface area contributed by atoms with Crippen LogP contribution in [0, 0.1) is 6.92 Å². The molecule has 2 fully saturated rings. The number of alkyl halides is 3. The molecule has 0 aliphatic carbocycles. The summed E-state index contributed by atoms with van der Waals surface area (Å²) in [5, 5.41) is 10.5. The van der Waals surface area contributed by atoms with Gasteiger partial charge in [-0.15, -0.1) is 0 Å². The van der Waals surface area contributed by atoms with Crippen molar-refractivity contribution in [2.75, 3.05) is 48.9 Å². The minimum atomic E-state index is -5.08. The van der Waals surface area contributed by atoms with Gasteiger partial charge in [0.25, 0.3) is 15.9 Å². The third kappa shape index (κ3) is 8.59. The van der Waals surface area contributed by atoms with Crippen LogP contribution in [0.4, 0.5) is 24.5 Å². The van der Waals surface area contributed by atoms with Crippen LogP contribution in [0.25, 0.3) is 0 Å². The van der Waals surface area contributed by atoms with Crippen molar-refractivity contribution in [1.29, 1.82) is 0 Å². The second-order valence-corrected chi connectivity index (χ2v) is 11.1. The number of aryl methyl sites for hydroxylation is 1.